The van der Waals surface area contributed by atoms with Gasteiger partial charge in [0.25, 0.3) is 5.56 Å². The first kappa shape index (κ1) is 27.1. The smallest absolute Gasteiger partial charge is 0.343 e. The summed E-state index contributed by atoms with van der Waals surface area (Å²) in [6.07, 6.45) is -0.895. The zero-order valence-corrected chi connectivity index (χ0v) is 20.2. The van der Waals surface area contributed by atoms with Crippen LogP contribution in [0.5, 0.6) is 0 Å². The number of Topliss-reactive ketones (excluding diaryl/α,β-unsaturated/α-hetero) is 1. The molecule has 3 heterocycles. The molecule has 0 N–H and O–H groups in total. The SMILES string of the molecule is CC(C)c1cc(=O)n(OC(=O)C(F)(F)F)c(CCCC(=O)N2CCC(C(=O)c3cnn(C)c3)CC2)n1. The molecule has 0 aliphatic carbocycles. The van der Waals surface area contributed by atoms with E-state index < -0.39 is 17.7 Å². The lowest BCUT2D eigenvalue weighted by molar-refractivity contribution is -0.200. The number of carbonyl (C=O) groups is 3. The summed E-state index contributed by atoms with van der Waals surface area (Å²) in [4.78, 5) is 59.0. The second kappa shape index (κ2) is 11.0. The zero-order valence-electron chi connectivity index (χ0n) is 20.2. The average molecular weight is 512 g/mol. The van der Waals surface area contributed by atoms with Gasteiger partial charge in [-0.2, -0.15) is 18.3 Å². The van der Waals surface area contributed by atoms with Gasteiger partial charge in [0.15, 0.2) is 5.78 Å². The quantitative estimate of drug-likeness (QED) is 0.498. The van der Waals surface area contributed by atoms with Crippen molar-refractivity contribution in [2.24, 2.45) is 13.0 Å². The fraction of sp³-hybridized carbons (Fsp3) is 0.565. The Labute approximate surface area is 205 Å². The normalized spacial score (nSPS) is 14.8. The van der Waals surface area contributed by atoms with E-state index in [0.717, 1.165) is 6.07 Å². The number of nitrogens with zero attached hydrogens (tertiary/aromatic N) is 5. The van der Waals surface area contributed by atoms with E-state index >= 15 is 0 Å². The largest absolute Gasteiger partial charge is 0.493 e. The van der Waals surface area contributed by atoms with Gasteiger partial charge in [-0.3, -0.25) is 19.1 Å². The molecule has 0 unspecified atom stereocenters. The third-order valence-electron chi connectivity index (χ3n) is 5.96. The first-order chi connectivity index (χ1) is 16.9. The summed E-state index contributed by atoms with van der Waals surface area (Å²) < 4.78 is 39.8. The highest BCUT2D eigenvalue weighted by Gasteiger charge is 2.42. The van der Waals surface area contributed by atoms with Crippen molar-refractivity contribution in [1.82, 2.24) is 24.4 Å². The molecule has 36 heavy (non-hydrogen) atoms. The maximum atomic E-state index is 12.7. The Morgan fingerprint density at radius 3 is 2.42 bits per heavy atom. The van der Waals surface area contributed by atoms with E-state index in [2.05, 4.69) is 14.9 Å². The molecule has 1 fully saturated rings. The third-order valence-corrected chi connectivity index (χ3v) is 5.96. The highest BCUT2D eigenvalue weighted by molar-refractivity contribution is 5.97. The Kier molecular flexibility index (Phi) is 8.31. The van der Waals surface area contributed by atoms with Crippen LogP contribution in [0.4, 0.5) is 13.2 Å². The van der Waals surface area contributed by atoms with Gasteiger partial charge in [-0.25, -0.2) is 9.78 Å². The number of rotatable bonds is 8. The Hall–Kier alpha value is -3.51. The van der Waals surface area contributed by atoms with E-state index in [0.29, 0.717) is 37.2 Å². The van der Waals surface area contributed by atoms with Crippen molar-refractivity contribution in [2.45, 2.75) is 58.0 Å². The van der Waals surface area contributed by atoms with Crippen LogP contribution in [0.3, 0.4) is 0 Å². The first-order valence-corrected chi connectivity index (χ1v) is 11.6. The summed E-state index contributed by atoms with van der Waals surface area (Å²) in [5.74, 6) is -3.27. The molecule has 0 aromatic carbocycles. The molecular formula is C23H28F3N5O5. The van der Waals surface area contributed by atoms with Crippen molar-refractivity contribution >= 4 is 17.7 Å². The highest BCUT2D eigenvalue weighted by atomic mass is 19.4. The average Bonchev–Trinajstić information content (AvgIpc) is 3.25. The predicted molar refractivity (Wildman–Crippen MR) is 120 cm³/mol. The van der Waals surface area contributed by atoms with Crippen molar-refractivity contribution in [3.8, 4) is 0 Å². The van der Waals surface area contributed by atoms with Crippen LogP contribution >= 0.6 is 0 Å². The molecule has 2 aromatic heterocycles. The monoisotopic (exact) mass is 511 g/mol. The Morgan fingerprint density at radius 2 is 1.86 bits per heavy atom. The van der Waals surface area contributed by atoms with Crippen molar-refractivity contribution in [2.75, 3.05) is 13.1 Å². The Bertz CT molecular complexity index is 1180. The Balaban J connectivity index is 1.59. The summed E-state index contributed by atoms with van der Waals surface area (Å²) in [5.41, 5.74) is -0.0790. The molecule has 3 rings (SSSR count). The number of aromatic nitrogens is 4. The number of ketones is 1. The molecule has 2 aromatic rings. The van der Waals surface area contributed by atoms with Crippen molar-refractivity contribution in [3.05, 3.63) is 45.9 Å². The molecule has 196 valence electrons. The van der Waals surface area contributed by atoms with Gasteiger partial charge >= 0.3 is 12.1 Å². The van der Waals surface area contributed by atoms with Gasteiger partial charge in [-0.05, 0) is 25.2 Å². The molecular weight excluding hydrogens is 483 g/mol. The second-order valence-corrected chi connectivity index (χ2v) is 9.04. The van der Waals surface area contributed by atoms with E-state index in [-0.39, 0.29) is 53.3 Å². The molecule has 0 saturated carbocycles. The Morgan fingerprint density at radius 1 is 1.19 bits per heavy atom. The number of hydrogen-bond donors (Lipinski definition) is 0. The van der Waals surface area contributed by atoms with Crippen molar-refractivity contribution < 1.29 is 32.4 Å². The molecule has 0 radical (unpaired) electrons. The highest BCUT2D eigenvalue weighted by Crippen LogP contribution is 2.22. The van der Waals surface area contributed by atoms with E-state index in [9.17, 15) is 32.3 Å². The molecule has 0 spiro atoms. The van der Waals surface area contributed by atoms with E-state index in [1.165, 1.54) is 6.20 Å². The minimum atomic E-state index is -5.28. The van der Waals surface area contributed by atoms with Crippen LogP contribution in [0.15, 0.2) is 23.3 Å². The number of alkyl halides is 3. The molecule has 1 aliphatic rings. The molecule has 1 amide bonds. The molecule has 1 aliphatic heterocycles. The van der Waals surface area contributed by atoms with Gasteiger partial charge in [0.2, 0.25) is 5.91 Å². The summed E-state index contributed by atoms with van der Waals surface area (Å²) in [6.45, 7) is 4.32. The van der Waals surface area contributed by atoms with Gasteiger partial charge in [-0.1, -0.05) is 13.8 Å². The number of amides is 1. The summed E-state index contributed by atoms with van der Waals surface area (Å²) >= 11 is 0. The predicted octanol–water partition coefficient (Wildman–Crippen LogP) is 2.06. The molecule has 13 heteroatoms. The first-order valence-electron chi connectivity index (χ1n) is 11.6. The van der Waals surface area contributed by atoms with Crippen LogP contribution in [-0.2, 0) is 23.1 Å². The molecule has 1 saturated heterocycles. The lowest BCUT2D eigenvalue weighted by Crippen LogP contribution is -2.41. The minimum Gasteiger partial charge on any atom is -0.343 e. The number of aryl methyl sites for hydroxylation is 2. The standard InChI is InChI=1S/C23H28F3N5O5/c1-14(2)17-11-20(33)31(36-22(35)23(24,25)26)18(28-17)5-4-6-19(32)30-9-7-15(8-10-30)21(34)16-12-27-29(3)13-16/h11-15H,4-10H2,1-3H3. The number of hydrogen-bond acceptors (Lipinski definition) is 7. The number of carbonyl (C=O) groups excluding carboxylic acids is 3. The van der Waals surface area contributed by atoms with Crippen LogP contribution in [0.1, 0.15) is 67.3 Å². The molecule has 0 bridgehead atoms. The van der Waals surface area contributed by atoms with Crippen LogP contribution < -0.4 is 10.4 Å². The lowest BCUT2D eigenvalue weighted by Gasteiger charge is -2.31. The van der Waals surface area contributed by atoms with Crippen molar-refractivity contribution in [1.29, 1.82) is 0 Å². The number of halogens is 3. The third kappa shape index (κ3) is 6.58. The van der Waals surface area contributed by atoms with Crippen LogP contribution in [-0.4, -0.2) is 61.3 Å². The molecule has 0 atom stereocenters. The summed E-state index contributed by atoms with van der Waals surface area (Å²) in [7, 11) is 1.73. The molecule has 10 nitrogen and oxygen atoms in total. The zero-order chi connectivity index (χ0) is 26.6. The van der Waals surface area contributed by atoms with Gasteiger partial charge in [0.1, 0.15) is 5.82 Å². The number of piperidine rings is 1. The summed E-state index contributed by atoms with van der Waals surface area (Å²) in [5, 5.41) is 4.01. The topological polar surface area (TPSA) is 116 Å². The van der Waals surface area contributed by atoms with Gasteiger partial charge < -0.3 is 9.74 Å². The van der Waals surface area contributed by atoms with Crippen LogP contribution in [0, 0.1) is 5.92 Å². The maximum Gasteiger partial charge on any atom is 0.493 e. The lowest BCUT2D eigenvalue weighted by atomic mass is 9.90. The van der Waals surface area contributed by atoms with Crippen molar-refractivity contribution in [3.63, 3.8) is 0 Å². The van der Waals surface area contributed by atoms with Crippen LogP contribution in [0.2, 0.25) is 0 Å². The fourth-order valence-corrected chi connectivity index (χ4v) is 3.96. The minimum absolute atomic E-state index is 0.00215. The second-order valence-electron chi connectivity index (χ2n) is 9.04. The maximum absolute atomic E-state index is 12.7. The fourth-order valence-electron chi connectivity index (χ4n) is 3.96. The van der Waals surface area contributed by atoms with Crippen LogP contribution in [0.25, 0.3) is 0 Å². The van der Waals surface area contributed by atoms with E-state index in [1.54, 1.807) is 36.7 Å². The van der Waals surface area contributed by atoms with Gasteiger partial charge in [-0.15, -0.1) is 4.73 Å². The van der Waals surface area contributed by atoms with Gasteiger partial charge in [0, 0.05) is 51.2 Å². The van der Waals surface area contributed by atoms with E-state index in [1.807, 2.05) is 0 Å². The van der Waals surface area contributed by atoms with E-state index in [4.69, 9.17) is 0 Å². The van der Waals surface area contributed by atoms with Gasteiger partial charge in [0.05, 0.1) is 17.5 Å². The number of likely N-dealkylation sites (tertiary alicyclic amines) is 1. The summed E-state index contributed by atoms with van der Waals surface area (Å²) in [6, 6.07) is 1.01.